The van der Waals surface area contributed by atoms with Gasteiger partial charge in [0, 0.05) is 6.04 Å². The predicted molar refractivity (Wildman–Crippen MR) is 82.2 cm³/mol. The standard InChI is InChI=1S/C18H23N/c1-14-11-12-17(13-15(14)2)18(19)10-6-9-16-7-4-3-5-8-16/h3-5,7-8,11-13,18H,6,9-10,19H2,1-2H3. The molecule has 0 heterocycles. The lowest BCUT2D eigenvalue weighted by Gasteiger charge is -2.13. The van der Waals surface area contributed by atoms with Crippen molar-refractivity contribution >= 4 is 0 Å². The Morgan fingerprint density at radius 1 is 0.947 bits per heavy atom. The smallest absolute Gasteiger partial charge is 0.0295 e. The van der Waals surface area contributed by atoms with Gasteiger partial charge in [-0.05, 0) is 55.4 Å². The molecule has 0 spiro atoms. The van der Waals surface area contributed by atoms with Crippen molar-refractivity contribution < 1.29 is 0 Å². The fourth-order valence-electron chi connectivity index (χ4n) is 2.33. The molecule has 1 nitrogen and oxygen atoms in total. The van der Waals surface area contributed by atoms with Crippen molar-refractivity contribution in [3.63, 3.8) is 0 Å². The summed E-state index contributed by atoms with van der Waals surface area (Å²) in [5.41, 5.74) is 11.6. The number of aryl methyl sites for hydroxylation is 3. The summed E-state index contributed by atoms with van der Waals surface area (Å²) in [5.74, 6) is 0. The molecule has 0 amide bonds. The molecule has 2 N–H and O–H groups in total. The molecule has 0 fully saturated rings. The molecule has 0 saturated heterocycles. The Bertz CT molecular complexity index is 516. The van der Waals surface area contributed by atoms with Crippen molar-refractivity contribution in [1.82, 2.24) is 0 Å². The minimum atomic E-state index is 0.156. The van der Waals surface area contributed by atoms with Crippen LogP contribution in [0.5, 0.6) is 0 Å². The van der Waals surface area contributed by atoms with E-state index in [1.807, 2.05) is 0 Å². The van der Waals surface area contributed by atoms with Crippen molar-refractivity contribution in [1.29, 1.82) is 0 Å². The topological polar surface area (TPSA) is 26.0 Å². The molecule has 0 aliphatic heterocycles. The third-order valence-corrected chi connectivity index (χ3v) is 3.78. The van der Waals surface area contributed by atoms with Crippen LogP contribution in [0.4, 0.5) is 0 Å². The Morgan fingerprint density at radius 2 is 1.68 bits per heavy atom. The first-order chi connectivity index (χ1) is 9.16. The minimum absolute atomic E-state index is 0.156. The summed E-state index contributed by atoms with van der Waals surface area (Å²) < 4.78 is 0. The number of nitrogens with two attached hydrogens (primary N) is 1. The van der Waals surface area contributed by atoms with Crippen LogP contribution in [-0.4, -0.2) is 0 Å². The summed E-state index contributed by atoms with van der Waals surface area (Å²) in [6.07, 6.45) is 3.29. The molecule has 2 aromatic rings. The molecular weight excluding hydrogens is 230 g/mol. The Morgan fingerprint density at radius 3 is 2.37 bits per heavy atom. The zero-order valence-corrected chi connectivity index (χ0v) is 11.9. The van der Waals surface area contributed by atoms with Crippen LogP contribution < -0.4 is 5.73 Å². The van der Waals surface area contributed by atoms with Gasteiger partial charge in [0.05, 0.1) is 0 Å². The Labute approximate surface area is 116 Å². The first kappa shape index (κ1) is 13.8. The van der Waals surface area contributed by atoms with E-state index in [1.165, 1.54) is 22.3 Å². The Balaban J connectivity index is 1.87. The first-order valence-corrected chi connectivity index (χ1v) is 7.03. The molecular formula is C18H23N. The first-order valence-electron chi connectivity index (χ1n) is 7.03. The van der Waals surface area contributed by atoms with E-state index >= 15 is 0 Å². The molecule has 0 aliphatic carbocycles. The zero-order valence-electron chi connectivity index (χ0n) is 11.9. The SMILES string of the molecule is Cc1ccc(C(N)CCCc2ccccc2)cc1C. The molecule has 1 atom stereocenters. The number of benzene rings is 2. The molecule has 0 aromatic heterocycles. The summed E-state index contributed by atoms with van der Waals surface area (Å²) >= 11 is 0. The van der Waals surface area contributed by atoms with Crippen LogP contribution in [0.2, 0.25) is 0 Å². The third-order valence-electron chi connectivity index (χ3n) is 3.78. The van der Waals surface area contributed by atoms with E-state index in [-0.39, 0.29) is 6.04 Å². The third kappa shape index (κ3) is 3.93. The van der Waals surface area contributed by atoms with Gasteiger partial charge in [-0.2, -0.15) is 0 Å². The predicted octanol–water partition coefficient (Wildman–Crippen LogP) is 4.33. The summed E-state index contributed by atoms with van der Waals surface area (Å²) in [6, 6.07) is 17.3. The second kappa shape index (κ2) is 6.53. The van der Waals surface area contributed by atoms with Crippen LogP contribution in [0.3, 0.4) is 0 Å². The summed E-state index contributed by atoms with van der Waals surface area (Å²) in [4.78, 5) is 0. The normalized spacial score (nSPS) is 12.4. The Hall–Kier alpha value is -1.60. The van der Waals surface area contributed by atoms with Gasteiger partial charge in [0.1, 0.15) is 0 Å². The van der Waals surface area contributed by atoms with Crippen LogP contribution in [0.25, 0.3) is 0 Å². The van der Waals surface area contributed by atoms with Crippen molar-refractivity contribution in [3.05, 3.63) is 70.8 Å². The van der Waals surface area contributed by atoms with Crippen molar-refractivity contribution in [2.45, 2.75) is 39.2 Å². The van der Waals surface area contributed by atoms with Gasteiger partial charge in [0.2, 0.25) is 0 Å². The Kier molecular flexibility index (Phi) is 4.75. The maximum absolute atomic E-state index is 6.28. The molecule has 2 aromatic carbocycles. The molecule has 0 saturated carbocycles. The van der Waals surface area contributed by atoms with Gasteiger partial charge in [-0.25, -0.2) is 0 Å². The van der Waals surface area contributed by atoms with E-state index in [1.54, 1.807) is 0 Å². The lowest BCUT2D eigenvalue weighted by Crippen LogP contribution is -2.10. The average molecular weight is 253 g/mol. The fraction of sp³-hybridized carbons (Fsp3) is 0.333. The van der Waals surface area contributed by atoms with E-state index in [9.17, 15) is 0 Å². The average Bonchev–Trinajstić information content (AvgIpc) is 2.43. The van der Waals surface area contributed by atoms with E-state index in [2.05, 4.69) is 62.4 Å². The highest BCUT2D eigenvalue weighted by Crippen LogP contribution is 2.20. The van der Waals surface area contributed by atoms with Gasteiger partial charge in [-0.15, -0.1) is 0 Å². The maximum atomic E-state index is 6.28. The lowest BCUT2D eigenvalue weighted by atomic mass is 9.97. The van der Waals surface area contributed by atoms with Crippen molar-refractivity contribution in [2.75, 3.05) is 0 Å². The molecule has 1 heteroatoms. The van der Waals surface area contributed by atoms with Crippen LogP contribution in [0.1, 0.15) is 41.1 Å². The number of hydrogen-bond acceptors (Lipinski definition) is 1. The summed E-state index contributed by atoms with van der Waals surface area (Å²) in [6.45, 7) is 4.29. The van der Waals surface area contributed by atoms with E-state index in [0.717, 1.165) is 19.3 Å². The minimum Gasteiger partial charge on any atom is -0.324 e. The van der Waals surface area contributed by atoms with Gasteiger partial charge >= 0.3 is 0 Å². The van der Waals surface area contributed by atoms with Crippen LogP contribution in [0, 0.1) is 13.8 Å². The van der Waals surface area contributed by atoms with Crippen LogP contribution in [0.15, 0.2) is 48.5 Å². The van der Waals surface area contributed by atoms with Gasteiger partial charge in [-0.3, -0.25) is 0 Å². The van der Waals surface area contributed by atoms with Gasteiger partial charge in [0.15, 0.2) is 0 Å². The molecule has 2 rings (SSSR count). The molecule has 0 radical (unpaired) electrons. The maximum Gasteiger partial charge on any atom is 0.0295 e. The molecule has 0 aliphatic rings. The van der Waals surface area contributed by atoms with Crippen molar-refractivity contribution in [3.8, 4) is 0 Å². The summed E-state index contributed by atoms with van der Waals surface area (Å²) in [7, 11) is 0. The van der Waals surface area contributed by atoms with Crippen LogP contribution >= 0.6 is 0 Å². The van der Waals surface area contributed by atoms with Gasteiger partial charge in [0.25, 0.3) is 0 Å². The molecule has 1 unspecified atom stereocenters. The quantitative estimate of drug-likeness (QED) is 0.843. The molecule has 0 bridgehead atoms. The van der Waals surface area contributed by atoms with Crippen molar-refractivity contribution in [2.24, 2.45) is 5.73 Å². The fourth-order valence-corrected chi connectivity index (χ4v) is 2.33. The van der Waals surface area contributed by atoms with Gasteiger partial charge in [-0.1, -0.05) is 48.5 Å². The molecule has 19 heavy (non-hydrogen) atoms. The second-order valence-electron chi connectivity index (χ2n) is 5.33. The second-order valence-corrected chi connectivity index (χ2v) is 5.33. The van der Waals surface area contributed by atoms with E-state index < -0.39 is 0 Å². The largest absolute Gasteiger partial charge is 0.324 e. The summed E-state index contributed by atoms with van der Waals surface area (Å²) in [5, 5.41) is 0. The highest BCUT2D eigenvalue weighted by Gasteiger charge is 2.06. The molecule has 100 valence electrons. The zero-order chi connectivity index (χ0) is 13.7. The highest BCUT2D eigenvalue weighted by atomic mass is 14.6. The highest BCUT2D eigenvalue weighted by molar-refractivity contribution is 5.31. The van der Waals surface area contributed by atoms with E-state index in [0.29, 0.717) is 0 Å². The lowest BCUT2D eigenvalue weighted by molar-refractivity contribution is 0.611. The van der Waals surface area contributed by atoms with E-state index in [4.69, 9.17) is 5.73 Å². The van der Waals surface area contributed by atoms with Crippen LogP contribution in [-0.2, 0) is 6.42 Å². The van der Waals surface area contributed by atoms with Gasteiger partial charge < -0.3 is 5.73 Å². The monoisotopic (exact) mass is 253 g/mol. The number of rotatable bonds is 5. The number of hydrogen-bond donors (Lipinski definition) is 1.